The maximum absolute atomic E-state index is 6.28. The maximum atomic E-state index is 6.28. The van der Waals surface area contributed by atoms with E-state index in [1.54, 1.807) is 24.7 Å². The SMILES string of the molecule is Clc1ccc(CCN(Cc2ccncc2)c2[c]cccn2)c(Cl)c1. The van der Waals surface area contributed by atoms with Crippen molar-refractivity contribution in [2.24, 2.45) is 0 Å². The molecular weight excluding hydrogens is 341 g/mol. The summed E-state index contributed by atoms with van der Waals surface area (Å²) in [6.45, 7) is 1.51. The number of pyridine rings is 2. The van der Waals surface area contributed by atoms with E-state index >= 15 is 0 Å². The topological polar surface area (TPSA) is 29.0 Å². The van der Waals surface area contributed by atoms with Crippen molar-refractivity contribution in [1.82, 2.24) is 9.97 Å². The van der Waals surface area contributed by atoms with Crippen LogP contribution in [-0.4, -0.2) is 16.5 Å². The summed E-state index contributed by atoms with van der Waals surface area (Å²) in [5, 5.41) is 1.34. The highest BCUT2D eigenvalue weighted by Gasteiger charge is 2.10. The first kappa shape index (κ1) is 16.7. The molecule has 0 spiro atoms. The lowest BCUT2D eigenvalue weighted by Gasteiger charge is -2.24. The molecule has 0 saturated heterocycles. The predicted molar refractivity (Wildman–Crippen MR) is 98.5 cm³/mol. The first-order chi connectivity index (χ1) is 11.7. The standard InChI is InChI=1S/C19H16Cl2N3/c20-17-5-4-16(18(21)13-17)8-12-24(19-3-1-2-9-23-19)14-15-6-10-22-11-7-15/h1-2,4-7,9-11,13H,8,12,14H2. The Balaban J connectivity index is 1.77. The lowest BCUT2D eigenvalue weighted by Crippen LogP contribution is -2.26. The molecule has 0 aliphatic heterocycles. The van der Waals surface area contributed by atoms with Gasteiger partial charge in [-0.25, -0.2) is 4.98 Å². The van der Waals surface area contributed by atoms with E-state index in [4.69, 9.17) is 23.2 Å². The quantitative estimate of drug-likeness (QED) is 0.633. The molecule has 121 valence electrons. The van der Waals surface area contributed by atoms with Crippen molar-refractivity contribution in [2.45, 2.75) is 13.0 Å². The van der Waals surface area contributed by atoms with E-state index in [9.17, 15) is 0 Å². The second-order valence-corrected chi connectivity index (χ2v) is 6.21. The zero-order chi connectivity index (χ0) is 16.8. The molecule has 5 heteroatoms. The van der Waals surface area contributed by atoms with E-state index in [-0.39, 0.29) is 0 Å². The lowest BCUT2D eigenvalue weighted by molar-refractivity contribution is 0.767. The molecule has 0 N–H and O–H groups in total. The molecule has 0 aliphatic rings. The van der Waals surface area contributed by atoms with Crippen LogP contribution in [0.15, 0.2) is 61.1 Å². The molecule has 2 heterocycles. The van der Waals surface area contributed by atoms with Gasteiger partial charge in [-0.05, 0) is 53.9 Å². The molecule has 0 saturated carbocycles. The maximum Gasteiger partial charge on any atom is 0.136 e. The molecule has 3 rings (SSSR count). The molecule has 3 nitrogen and oxygen atoms in total. The van der Waals surface area contributed by atoms with Crippen LogP contribution in [0.3, 0.4) is 0 Å². The van der Waals surface area contributed by atoms with Crippen molar-refractivity contribution in [3.63, 3.8) is 0 Å². The van der Waals surface area contributed by atoms with Crippen molar-refractivity contribution in [3.8, 4) is 0 Å². The number of aromatic nitrogens is 2. The largest absolute Gasteiger partial charge is 0.351 e. The summed E-state index contributed by atoms with van der Waals surface area (Å²) in [5.41, 5.74) is 2.24. The summed E-state index contributed by atoms with van der Waals surface area (Å²) < 4.78 is 0. The van der Waals surface area contributed by atoms with Gasteiger partial charge in [0, 0.05) is 47.8 Å². The highest BCUT2D eigenvalue weighted by molar-refractivity contribution is 6.35. The first-order valence-corrected chi connectivity index (χ1v) is 8.38. The Morgan fingerprint density at radius 3 is 2.58 bits per heavy atom. The van der Waals surface area contributed by atoms with Crippen molar-refractivity contribution in [3.05, 3.63) is 88.3 Å². The van der Waals surface area contributed by atoms with Crippen molar-refractivity contribution < 1.29 is 0 Å². The third-order valence-electron chi connectivity index (χ3n) is 3.68. The van der Waals surface area contributed by atoms with Gasteiger partial charge in [0.2, 0.25) is 0 Å². The fourth-order valence-corrected chi connectivity index (χ4v) is 2.94. The number of anilines is 1. The third-order valence-corrected chi connectivity index (χ3v) is 4.27. The molecule has 24 heavy (non-hydrogen) atoms. The van der Waals surface area contributed by atoms with Gasteiger partial charge in [-0.15, -0.1) is 0 Å². The molecule has 0 fully saturated rings. The number of hydrogen-bond donors (Lipinski definition) is 0. The van der Waals surface area contributed by atoms with E-state index in [0.29, 0.717) is 10.0 Å². The van der Waals surface area contributed by atoms with Crippen molar-refractivity contribution >= 4 is 29.0 Å². The van der Waals surface area contributed by atoms with Crippen LogP contribution in [0.4, 0.5) is 5.82 Å². The Kier molecular flexibility index (Phi) is 5.68. The first-order valence-electron chi connectivity index (χ1n) is 7.63. The second-order valence-electron chi connectivity index (χ2n) is 5.37. The molecule has 0 unspecified atom stereocenters. The van der Waals surface area contributed by atoms with Gasteiger partial charge in [0.25, 0.3) is 0 Å². The minimum atomic E-state index is 0.649. The Morgan fingerprint density at radius 2 is 1.88 bits per heavy atom. The van der Waals surface area contributed by atoms with Gasteiger partial charge in [0.05, 0.1) is 0 Å². The van der Waals surface area contributed by atoms with Gasteiger partial charge >= 0.3 is 0 Å². The van der Waals surface area contributed by atoms with Crippen LogP contribution >= 0.6 is 23.2 Å². The second kappa shape index (κ2) is 8.13. The number of rotatable bonds is 6. The predicted octanol–water partition coefficient (Wildman–Crippen LogP) is 4.83. The highest BCUT2D eigenvalue weighted by Crippen LogP contribution is 2.22. The summed E-state index contributed by atoms with van der Waals surface area (Å²) in [5.74, 6) is 0.819. The fourth-order valence-electron chi connectivity index (χ4n) is 2.44. The van der Waals surface area contributed by atoms with Crippen LogP contribution in [0.25, 0.3) is 0 Å². The van der Waals surface area contributed by atoms with Gasteiger partial charge in [-0.3, -0.25) is 4.98 Å². The average molecular weight is 357 g/mol. The molecule has 0 aliphatic carbocycles. The average Bonchev–Trinajstić information content (AvgIpc) is 2.61. The minimum Gasteiger partial charge on any atom is -0.351 e. The van der Waals surface area contributed by atoms with Gasteiger partial charge < -0.3 is 4.90 Å². The van der Waals surface area contributed by atoms with Gasteiger partial charge in [0.1, 0.15) is 5.82 Å². The van der Waals surface area contributed by atoms with Crippen LogP contribution in [-0.2, 0) is 13.0 Å². The zero-order valence-electron chi connectivity index (χ0n) is 13.0. The Bertz CT molecular complexity index is 779. The molecular formula is C19H16Cl2N3. The van der Waals surface area contributed by atoms with Crippen LogP contribution in [0, 0.1) is 6.07 Å². The highest BCUT2D eigenvalue weighted by atomic mass is 35.5. The number of nitrogens with zero attached hydrogens (tertiary/aromatic N) is 3. The number of hydrogen-bond acceptors (Lipinski definition) is 3. The molecule has 2 aromatic heterocycles. The van der Waals surface area contributed by atoms with Gasteiger partial charge in [0.15, 0.2) is 0 Å². The summed E-state index contributed by atoms with van der Waals surface area (Å²) in [6, 6.07) is 16.6. The molecule has 0 bridgehead atoms. The Hall–Kier alpha value is -2.10. The van der Waals surface area contributed by atoms with E-state index < -0.39 is 0 Å². The van der Waals surface area contributed by atoms with Crippen LogP contribution in [0.2, 0.25) is 10.0 Å². The molecule has 3 aromatic rings. The number of halogens is 2. The summed E-state index contributed by atoms with van der Waals surface area (Å²) in [7, 11) is 0. The van der Waals surface area contributed by atoms with E-state index in [1.807, 2.05) is 36.4 Å². The third kappa shape index (κ3) is 4.47. The Labute approximate surface area is 151 Å². The number of benzene rings is 1. The van der Waals surface area contributed by atoms with E-state index in [2.05, 4.69) is 20.9 Å². The zero-order valence-corrected chi connectivity index (χ0v) is 14.5. The van der Waals surface area contributed by atoms with Crippen LogP contribution in [0.5, 0.6) is 0 Å². The molecule has 0 atom stereocenters. The van der Waals surface area contributed by atoms with Crippen LogP contribution in [0.1, 0.15) is 11.1 Å². The summed E-state index contributed by atoms with van der Waals surface area (Å²) in [6.07, 6.45) is 6.17. The molecule has 1 aromatic carbocycles. The van der Waals surface area contributed by atoms with Crippen molar-refractivity contribution in [2.75, 3.05) is 11.4 Å². The molecule has 0 amide bonds. The summed E-state index contributed by atoms with van der Waals surface area (Å²) >= 11 is 12.3. The normalized spacial score (nSPS) is 10.6. The Morgan fingerprint density at radius 1 is 1.04 bits per heavy atom. The monoisotopic (exact) mass is 356 g/mol. The van der Waals surface area contributed by atoms with Gasteiger partial charge in [-0.1, -0.05) is 29.3 Å². The smallest absolute Gasteiger partial charge is 0.136 e. The minimum absolute atomic E-state index is 0.649. The van der Waals surface area contributed by atoms with Crippen molar-refractivity contribution in [1.29, 1.82) is 0 Å². The van der Waals surface area contributed by atoms with Crippen LogP contribution < -0.4 is 4.90 Å². The summed E-state index contributed by atoms with van der Waals surface area (Å²) in [4.78, 5) is 10.7. The van der Waals surface area contributed by atoms with E-state index in [1.165, 1.54) is 5.56 Å². The molecule has 1 radical (unpaired) electrons. The van der Waals surface area contributed by atoms with E-state index in [0.717, 1.165) is 30.9 Å². The van der Waals surface area contributed by atoms with Gasteiger partial charge in [-0.2, -0.15) is 0 Å². The fraction of sp³-hybridized carbons (Fsp3) is 0.158. The lowest BCUT2D eigenvalue weighted by atomic mass is 10.1.